The minimum Gasteiger partial charge on any atom is -0.396 e. The lowest BCUT2D eigenvalue weighted by Crippen LogP contribution is -2.43. The second kappa shape index (κ2) is 5.43. The summed E-state index contributed by atoms with van der Waals surface area (Å²) >= 11 is 0. The Morgan fingerprint density at radius 1 is 1.17 bits per heavy atom. The number of hydrogen-bond donors (Lipinski definition) is 2. The smallest absolute Gasteiger partial charge is 0.253 e. The summed E-state index contributed by atoms with van der Waals surface area (Å²) in [5, 5.41) is 11.4. The molecule has 0 saturated heterocycles. The number of aliphatic hydroxyl groups excluding tert-OH is 1. The highest BCUT2D eigenvalue weighted by Gasteiger charge is 2.19. The van der Waals surface area contributed by atoms with Gasteiger partial charge in [0.25, 0.3) is 6.43 Å². The topological polar surface area (TPSA) is 32.3 Å². The third-order valence-corrected chi connectivity index (χ3v) is 2.05. The van der Waals surface area contributed by atoms with Crippen LogP contribution in [0.3, 0.4) is 0 Å². The van der Waals surface area contributed by atoms with Gasteiger partial charge < -0.3 is 10.4 Å². The van der Waals surface area contributed by atoms with Gasteiger partial charge in [-0.3, -0.25) is 0 Å². The van der Waals surface area contributed by atoms with Crippen molar-refractivity contribution in [3.05, 3.63) is 0 Å². The average molecular weight is 181 g/mol. The van der Waals surface area contributed by atoms with Crippen molar-refractivity contribution in [3.63, 3.8) is 0 Å². The van der Waals surface area contributed by atoms with E-state index >= 15 is 0 Å². The Kier molecular flexibility index (Phi) is 5.33. The van der Waals surface area contributed by atoms with Crippen molar-refractivity contribution in [2.45, 2.75) is 39.3 Å². The number of alkyl halides is 2. The van der Waals surface area contributed by atoms with Crippen LogP contribution in [0.1, 0.15) is 20.8 Å². The molecule has 0 saturated carbocycles. The molecule has 2 nitrogen and oxygen atoms in total. The molecule has 0 rings (SSSR count). The Bertz CT molecular complexity index is 122. The van der Waals surface area contributed by atoms with Crippen molar-refractivity contribution in [2.75, 3.05) is 6.61 Å². The first-order valence-electron chi connectivity index (χ1n) is 4.14. The molecular formula is C8H17F2NO. The molecule has 0 aliphatic carbocycles. The predicted molar refractivity (Wildman–Crippen MR) is 44.3 cm³/mol. The van der Waals surface area contributed by atoms with Gasteiger partial charge in [-0.05, 0) is 19.8 Å². The summed E-state index contributed by atoms with van der Waals surface area (Å²) in [5.41, 5.74) is 0. The van der Waals surface area contributed by atoms with Crippen LogP contribution in [0, 0.1) is 5.92 Å². The van der Waals surface area contributed by atoms with Crippen LogP contribution in [0.2, 0.25) is 0 Å². The van der Waals surface area contributed by atoms with Gasteiger partial charge in [-0.1, -0.05) is 6.92 Å². The Balaban J connectivity index is 3.75. The average Bonchev–Trinajstić information content (AvgIpc) is 2.02. The van der Waals surface area contributed by atoms with Crippen molar-refractivity contribution < 1.29 is 13.9 Å². The number of aliphatic hydroxyl groups is 1. The van der Waals surface area contributed by atoms with Gasteiger partial charge in [0.2, 0.25) is 0 Å². The molecule has 0 aliphatic heterocycles. The molecule has 4 heteroatoms. The summed E-state index contributed by atoms with van der Waals surface area (Å²) in [4.78, 5) is 0. The van der Waals surface area contributed by atoms with E-state index in [2.05, 4.69) is 5.32 Å². The van der Waals surface area contributed by atoms with E-state index in [9.17, 15) is 8.78 Å². The molecule has 0 fully saturated rings. The Hall–Kier alpha value is -0.220. The number of halogens is 2. The monoisotopic (exact) mass is 181 g/mol. The second-order valence-electron chi connectivity index (χ2n) is 3.24. The summed E-state index contributed by atoms with van der Waals surface area (Å²) in [7, 11) is 0. The summed E-state index contributed by atoms with van der Waals surface area (Å²) in [6, 6.07) is -0.895. The van der Waals surface area contributed by atoms with Crippen molar-refractivity contribution >= 4 is 0 Å². The molecule has 3 unspecified atom stereocenters. The van der Waals surface area contributed by atoms with Crippen LogP contribution in [0.25, 0.3) is 0 Å². The first kappa shape index (κ1) is 11.8. The molecule has 12 heavy (non-hydrogen) atoms. The van der Waals surface area contributed by atoms with Crippen LogP contribution < -0.4 is 5.32 Å². The molecule has 0 heterocycles. The van der Waals surface area contributed by atoms with Gasteiger partial charge >= 0.3 is 0 Å². The standard InChI is InChI=1S/C8H17F2NO/c1-5(4-12)6(2)11-7(3)8(9)10/h5-8,11-12H,4H2,1-3H3. The fraction of sp³-hybridized carbons (Fsp3) is 1.00. The molecular weight excluding hydrogens is 164 g/mol. The summed E-state index contributed by atoms with van der Waals surface area (Å²) in [5.74, 6) is 0.00574. The van der Waals surface area contributed by atoms with Crippen molar-refractivity contribution in [1.29, 1.82) is 0 Å². The van der Waals surface area contributed by atoms with Gasteiger partial charge in [0.05, 0.1) is 6.04 Å². The molecule has 74 valence electrons. The Morgan fingerprint density at radius 3 is 2.00 bits per heavy atom. The molecule has 0 spiro atoms. The van der Waals surface area contributed by atoms with Crippen LogP contribution >= 0.6 is 0 Å². The third-order valence-electron chi connectivity index (χ3n) is 2.05. The van der Waals surface area contributed by atoms with Crippen LogP contribution in [0.4, 0.5) is 8.78 Å². The van der Waals surface area contributed by atoms with Crippen LogP contribution in [-0.4, -0.2) is 30.2 Å². The zero-order chi connectivity index (χ0) is 9.72. The van der Waals surface area contributed by atoms with Crippen LogP contribution in [-0.2, 0) is 0 Å². The highest BCUT2D eigenvalue weighted by atomic mass is 19.3. The molecule has 0 aromatic rings. The third kappa shape index (κ3) is 3.97. The lowest BCUT2D eigenvalue weighted by molar-refractivity contribution is 0.0917. The highest BCUT2D eigenvalue weighted by Crippen LogP contribution is 2.06. The lowest BCUT2D eigenvalue weighted by Gasteiger charge is -2.23. The molecule has 2 N–H and O–H groups in total. The van der Waals surface area contributed by atoms with E-state index in [1.807, 2.05) is 6.92 Å². The van der Waals surface area contributed by atoms with E-state index in [4.69, 9.17) is 5.11 Å². The summed E-state index contributed by atoms with van der Waals surface area (Å²) in [6.45, 7) is 5.06. The van der Waals surface area contributed by atoms with Gasteiger partial charge in [0.15, 0.2) is 0 Å². The van der Waals surface area contributed by atoms with E-state index in [1.165, 1.54) is 6.92 Å². The molecule has 0 bridgehead atoms. The first-order chi connectivity index (χ1) is 5.49. The highest BCUT2D eigenvalue weighted by molar-refractivity contribution is 4.73. The number of rotatable bonds is 5. The maximum Gasteiger partial charge on any atom is 0.253 e. The molecule has 0 aromatic carbocycles. The number of nitrogens with one attached hydrogen (secondary N) is 1. The zero-order valence-corrected chi connectivity index (χ0v) is 7.72. The quantitative estimate of drug-likeness (QED) is 0.669. The molecule has 0 radical (unpaired) electrons. The maximum absolute atomic E-state index is 12.0. The first-order valence-corrected chi connectivity index (χ1v) is 4.14. The van der Waals surface area contributed by atoms with Gasteiger partial charge in [-0.2, -0.15) is 0 Å². The SMILES string of the molecule is CC(CO)C(C)NC(C)C(F)F. The van der Waals surface area contributed by atoms with Crippen LogP contribution in [0.5, 0.6) is 0 Å². The van der Waals surface area contributed by atoms with Crippen molar-refractivity contribution in [3.8, 4) is 0 Å². The largest absolute Gasteiger partial charge is 0.396 e. The zero-order valence-electron chi connectivity index (χ0n) is 7.72. The Labute approximate surface area is 72.0 Å². The fourth-order valence-corrected chi connectivity index (χ4v) is 0.810. The van der Waals surface area contributed by atoms with E-state index in [1.54, 1.807) is 6.92 Å². The minimum atomic E-state index is -2.35. The summed E-state index contributed by atoms with van der Waals surface area (Å²) in [6.07, 6.45) is -2.35. The van der Waals surface area contributed by atoms with Crippen molar-refractivity contribution in [2.24, 2.45) is 5.92 Å². The second-order valence-corrected chi connectivity index (χ2v) is 3.24. The van der Waals surface area contributed by atoms with E-state index in [-0.39, 0.29) is 18.6 Å². The fourth-order valence-electron chi connectivity index (χ4n) is 0.810. The van der Waals surface area contributed by atoms with E-state index < -0.39 is 12.5 Å². The van der Waals surface area contributed by atoms with Gasteiger partial charge in [-0.15, -0.1) is 0 Å². The molecule has 3 atom stereocenters. The van der Waals surface area contributed by atoms with Crippen molar-refractivity contribution in [1.82, 2.24) is 5.32 Å². The summed E-state index contributed by atoms with van der Waals surface area (Å²) < 4.78 is 24.1. The molecule has 0 aliphatic rings. The van der Waals surface area contributed by atoms with E-state index in [0.717, 1.165) is 0 Å². The Morgan fingerprint density at radius 2 is 1.67 bits per heavy atom. The molecule has 0 amide bonds. The molecule has 0 aromatic heterocycles. The van der Waals surface area contributed by atoms with Gasteiger partial charge in [0, 0.05) is 12.6 Å². The lowest BCUT2D eigenvalue weighted by atomic mass is 10.0. The normalized spacial score (nSPS) is 19.2. The van der Waals surface area contributed by atoms with Crippen LogP contribution in [0.15, 0.2) is 0 Å². The van der Waals surface area contributed by atoms with Gasteiger partial charge in [-0.25, -0.2) is 8.78 Å². The van der Waals surface area contributed by atoms with E-state index in [0.29, 0.717) is 0 Å². The minimum absolute atomic E-state index is 0.00574. The van der Waals surface area contributed by atoms with Gasteiger partial charge in [0.1, 0.15) is 0 Å². The maximum atomic E-state index is 12.0. The number of hydrogen-bond acceptors (Lipinski definition) is 2. The predicted octanol–water partition coefficient (Wildman–Crippen LogP) is 1.25.